The van der Waals surface area contributed by atoms with Crippen LogP contribution in [-0.4, -0.2) is 23.8 Å². The van der Waals surface area contributed by atoms with Crippen LogP contribution in [0.1, 0.15) is 12.8 Å². The number of carbonyl (C=O) groups is 1. The normalized spacial score (nSPS) is 20.5. The van der Waals surface area contributed by atoms with Gasteiger partial charge in [-0.1, -0.05) is 0 Å². The van der Waals surface area contributed by atoms with Crippen molar-refractivity contribution in [3.8, 4) is 0 Å². The third kappa shape index (κ3) is 5.75. The van der Waals surface area contributed by atoms with Gasteiger partial charge in [-0.3, -0.25) is 0 Å². The number of hydrogen-bond acceptors (Lipinski definition) is 2. The molecule has 0 spiro atoms. The molecule has 1 radical (unpaired) electrons. The van der Waals surface area contributed by atoms with Gasteiger partial charge in [-0.15, -0.1) is 24.8 Å². The maximum atomic E-state index is 10.1. The van der Waals surface area contributed by atoms with Crippen LogP contribution in [0.15, 0.2) is 0 Å². The largest absolute Gasteiger partial charge is 0.479 e. The second-order valence-corrected chi connectivity index (χ2v) is 1.84. The number of aliphatic carboxylic acids is 1. The summed E-state index contributed by atoms with van der Waals surface area (Å²) in [6.07, 6.45) is 1.04. The van der Waals surface area contributed by atoms with Crippen LogP contribution in [-0.2, 0) is 26.3 Å². The van der Waals surface area contributed by atoms with E-state index in [9.17, 15) is 4.79 Å². The molecule has 1 aliphatic heterocycles. The molecule has 1 atom stereocenters. The molecule has 1 fully saturated rings. The standard InChI is InChI=1S/C5H8O3.2ClH.Co/c6-5(7)4-2-1-3-8-4;;;/h4H,1-3H2,(H,6,7);2*1H;. The molecule has 3 nitrogen and oxygen atoms in total. The molecule has 0 bridgehead atoms. The van der Waals surface area contributed by atoms with Crippen molar-refractivity contribution >= 4 is 30.8 Å². The average Bonchev–Trinajstić information content (AvgIpc) is 2.12. The second kappa shape index (κ2) is 8.61. The van der Waals surface area contributed by atoms with E-state index in [2.05, 4.69) is 0 Å². The van der Waals surface area contributed by atoms with Crippen molar-refractivity contribution in [1.29, 1.82) is 0 Å². The molecule has 1 unspecified atom stereocenters. The van der Waals surface area contributed by atoms with Gasteiger partial charge in [-0.05, 0) is 12.8 Å². The second-order valence-electron chi connectivity index (χ2n) is 1.84. The summed E-state index contributed by atoms with van der Waals surface area (Å²) in [6, 6.07) is 0. The Balaban J connectivity index is -0.000000213. The van der Waals surface area contributed by atoms with E-state index in [-0.39, 0.29) is 41.6 Å². The Kier molecular flexibility index (Phi) is 13.7. The molecule has 1 rings (SSSR count). The van der Waals surface area contributed by atoms with E-state index in [1.807, 2.05) is 0 Å². The summed E-state index contributed by atoms with van der Waals surface area (Å²) in [7, 11) is 0. The molecule has 0 saturated carbocycles. The van der Waals surface area contributed by atoms with Gasteiger partial charge in [0.15, 0.2) is 6.10 Å². The maximum absolute atomic E-state index is 10.1. The van der Waals surface area contributed by atoms with Crippen molar-refractivity contribution in [3.05, 3.63) is 0 Å². The van der Waals surface area contributed by atoms with Crippen molar-refractivity contribution in [2.75, 3.05) is 6.61 Å². The SMILES string of the molecule is Cl.Cl.O=C(O)C1CCCO1.[Co]. The summed E-state index contributed by atoms with van der Waals surface area (Å²) < 4.78 is 4.81. The Hall–Kier alpha value is 0.516. The molecule has 11 heavy (non-hydrogen) atoms. The Bertz CT molecular complexity index is 106. The zero-order chi connectivity index (χ0) is 5.98. The quantitative estimate of drug-likeness (QED) is 0.755. The molecule has 0 aliphatic carbocycles. The summed E-state index contributed by atoms with van der Waals surface area (Å²) >= 11 is 0. The Morgan fingerprint density at radius 3 is 2.18 bits per heavy atom. The number of carboxylic acid groups (broad SMARTS) is 1. The van der Waals surface area contributed by atoms with Crippen molar-refractivity contribution < 1.29 is 31.4 Å². The van der Waals surface area contributed by atoms with E-state index < -0.39 is 12.1 Å². The Morgan fingerprint density at radius 2 is 2.00 bits per heavy atom. The molecular weight excluding hydrogens is 238 g/mol. The summed E-state index contributed by atoms with van der Waals surface area (Å²) in [5, 5.41) is 8.29. The molecular formula is C5H10Cl2CoO3. The van der Waals surface area contributed by atoms with Gasteiger partial charge < -0.3 is 9.84 Å². The zero-order valence-electron chi connectivity index (χ0n) is 5.61. The minimum absolute atomic E-state index is 0. The minimum atomic E-state index is -0.831. The van der Waals surface area contributed by atoms with Crippen LogP contribution in [0, 0.1) is 0 Å². The molecule has 0 aromatic rings. The van der Waals surface area contributed by atoms with Crippen molar-refractivity contribution in [3.63, 3.8) is 0 Å². The van der Waals surface area contributed by atoms with Crippen LogP contribution < -0.4 is 0 Å². The fraction of sp³-hybridized carbons (Fsp3) is 0.800. The summed E-state index contributed by atoms with van der Waals surface area (Å²) in [5.41, 5.74) is 0. The van der Waals surface area contributed by atoms with Gasteiger partial charge in [0.25, 0.3) is 0 Å². The predicted molar refractivity (Wildman–Crippen MR) is 41.1 cm³/mol. The van der Waals surface area contributed by atoms with Crippen molar-refractivity contribution in [1.82, 2.24) is 0 Å². The van der Waals surface area contributed by atoms with Crippen molar-refractivity contribution in [2.45, 2.75) is 18.9 Å². The summed E-state index contributed by atoms with van der Waals surface area (Å²) in [6.45, 7) is 0.608. The Labute approximate surface area is 87.9 Å². The van der Waals surface area contributed by atoms with Crippen LogP contribution in [0.2, 0.25) is 0 Å². The molecule has 1 aliphatic rings. The average molecular weight is 248 g/mol. The molecule has 0 aromatic carbocycles. The van der Waals surface area contributed by atoms with Gasteiger partial charge in [-0.25, -0.2) is 4.79 Å². The first-order valence-electron chi connectivity index (χ1n) is 2.65. The minimum Gasteiger partial charge on any atom is -0.479 e. The van der Waals surface area contributed by atoms with Gasteiger partial charge in [0, 0.05) is 23.4 Å². The number of halogens is 2. The van der Waals surface area contributed by atoms with Crippen molar-refractivity contribution in [2.24, 2.45) is 0 Å². The van der Waals surface area contributed by atoms with Crippen LogP contribution in [0.4, 0.5) is 0 Å². The fourth-order valence-corrected chi connectivity index (χ4v) is 0.772. The maximum Gasteiger partial charge on any atom is 0.332 e. The third-order valence-electron chi connectivity index (χ3n) is 1.21. The number of carboxylic acids is 1. The zero-order valence-corrected chi connectivity index (χ0v) is 8.29. The van der Waals surface area contributed by atoms with Crippen LogP contribution in [0.3, 0.4) is 0 Å². The third-order valence-corrected chi connectivity index (χ3v) is 1.21. The van der Waals surface area contributed by atoms with Gasteiger partial charge in [0.1, 0.15) is 0 Å². The fourth-order valence-electron chi connectivity index (χ4n) is 0.772. The van der Waals surface area contributed by atoms with E-state index in [4.69, 9.17) is 9.84 Å². The van der Waals surface area contributed by atoms with E-state index in [1.165, 1.54) is 0 Å². The van der Waals surface area contributed by atoms with E-state index >= 15 is 0 Å². The van der Waals surface area contributed by atoms with Gasteiger partial charge in [0.05, 0.1) is 0 Å². The van der Waals surface area contributed by atoms with Gasteiger partial charge >= 0.3 is 5.97 Å². The molecule has 1 heterocycles. The molecule has 1 saturated heterocycles. The van der Waals surface area contributed by atoms with E-state index in [1.54, 1.807) is 0 Å². The number of hydrogen-bond donors (Lipinski definition) is 1. The first kappa shape index (κ1) is 17.6. The molecule has 0 amide bonds. The van der Waals surface area contributed by atoms with Crippen LogP contribution in [0.5, 0.6) is 0 Å². The molecule has 6 heteroatoms. The first-order valence-corrected chi connectivity index (χ1v) is 2.65. The van der Waals surface area contributed by atoms with Crippen LogP contribution >= 0.6 is 24.8 Å². The molecule has 0 aromatic heterocycles. The predicted octanol–water partition coefficient (Wildman–Crippen LogP) is 1.09. The summed E-state index contributed by atoms with van der Waals surface area (Å²) in [5.74, 6) is -0.831. The smallest absolute Gasteiger partial charge is 0.332 e. The monoisotopic (exact) mass is 247 g/mol. The van der Waals surface area contributed by atoms with Gasteiger partial charge in [-0.2, -0.15) is 0 Å². The summed E-state index contributed by atoms with van der Waals surface area (Å²) in [4.78, 5) is 10.1. The van der Waals surface area contributed by atoms with Gasteiger partial charge in [0.2, 0.25) is 0 Å². The topological polar surface area (TPSA) is 46.5 Å². The van der Waals surface area contributed by atoms with Crippen LogP contribution in [0.25, 0.3) is 0 Å². The van der Waals surface area contributed by atoms with E-state index in [0.717, 1.165) is 6.42 Å². The van der Waals surface area contributed by atoms with E-state index in [0.29, 0.717) is 13.0 Å². The first-order chi connectivity index (χ1) is 3.80. The Morgan fingerprint density at radius 1 is 1.45 bits per heavy atom. The number of ether oxygens (including phenoxy) is 1. The molecule has 71 valence electrons. The molecule has 1 N–H and O–H groups in total. The number of rotatable bonds is 1.